The Labute approximate surface area is 104 Å². The second kappa shape index (κ2) is 5.39. The van der Waals surface area contributed by atoms with Crippen molar-refractivity contribution in [1.82, 2.24) is 5.32 Å². The Balaban J connectivity index is 1.92. The predicted molar refractivity (Wildman–Crippen MR) is 61.4 cm³/mol. The minimum absolute atomic E-state index is 0.0730. The minimum atomic E-state index is -0.843. The summed E-state index contributed by atoms with van der Waals surface area (Å²) in [5.41, 5.74) is 0. The number of hydrogen-bond acceptors (Lipinski definition) is 5. The number of fused-ring (bicyclic) bond motifs is 1. The molecule has 6 nitrogen and oxygen atoms in total. The number of likely N-dealkylation sites (N-methyl/N-ethyl adjacent to an activating group) is 1. The van der Waals surface area contributed by atoms with Gasteiger partial charge in [-0.15, -0.1) is 0 Å². The fourth-order valence-corrected chi connectivity index (χ4v) is 1.44. The number of hydrogen-bond donors (Lipinski definition) is 1. The molecule has 0 fully saturated rings. The quantitative estimate of drug-likeness (QED) is 0.772. The molecule has 1 aromatic carbocycles. The van der Waals surface area contributed by atoms with Crippen molar-refractivity contribution in [3.63, 3.8) is 0 Å². The SMILES string of the molecule is CNC(=O)COC(=O)C1COc2ccccc2O1. The summed E-state index contributed by atoms with van der Waals surface area (Å²) in [6, 6.07) is 7.04. The van der Waals surface area contributed by atoms with E-state index in [-0.39, 0.29) is 19.1 Å². The number of benzene rings is 1. The summed E-state index contributed by atoms with van der Waals surface area (Å²) in [5, 5.41) is 2.35. The molecule has 2 rings (SSSR count). The highest BCUT2D eigenvalue weighted by atomic mass is 16.6. The van der Waals surface area contributed by atoms with Crippen LogP contribution in [-0.4, -0.2) is 38.2 Å². The molecule has 0 spiro atoms. The Bertz CT molecular complexity index is 460. The van der Waals surface area contributed by atoms with Crippen LogP contribution in [0.15, 0.2) is 24.3 Å². The highest BCUT2D eigenvalue weighted by Crippen LogP contribution is 2.30. The van der Waals surface area contributed by atoms with Crippen LogP contribution >= 0.6 is 0 Å². The van der Waals surface area contributed by atoms with Gasteiger partial charge in [-0.2, -0.15) is 0 Å². The number of rotatable bonds is 3. The summed E-state index contributed by atoms with van der Waals surface area (Å²) in [4.78, 5) is 22.6. The lowest BCUT2D eigenvalue weighted by Gasteiger charge is -2.24. The maximum atomic E-state index is 11.6. The summed E-state index contributed by atoms with van der Waals surface area (Å²) in [6.07, 6.45) is -0.843. The molecular formula is C12H13NO5. The molecule has 1 atom stereocenters. The van der Waals surface area contributed by atoms with Crippen LogP contribution in [0.2, 0.25) is 0 Å². The van der Waals surface area contributed by atoms with Gasteiger partial charge in [0.05, 0.1) is 0 Å². The number of nitrogens with one attached hydrogen (secondary N) is 1. The fourth-order valence-electron chi connectivity index (χ4n) is 1.44. The smallest absolute Gasteiger partial charge is 0.351 e. The van der Waals surface area contributed by atoms with E-state index >= 15 is 0 Å². The van der Waals surface area contributed by atoms with E-state index in [2.05, 4.69) is 5.32 Å². The molecule has 1 aliphatic rings. The zero-order valence-electron chi connectivity index (χ0n) is 9.84. The molecule has 0 aliphatic carbocycles. The maximum Gasteiger partial charge on any atom is 0.351 e. The van der Waals surface area contributed by atoms with Crippen LogP contribution in [0, 0.1) is 0 Å². The zero-order chi connectivity index (χ0) is 13.0. The third kappa shape index (κ3) is 2.71. The van der Waals surface area contributed by atoms with E-state index in [1.165, 1.54) is 7.05 Å². The van der Waals surface area contributed by atoms with Crippen LogP contribution < -0.4 is 14.8 Å². The second-order valence-corrected chi connectivity index (χ2v) is 3.65. The van der Waals surface area contributed by atoms with Gasteiger partial charge in [-0.25, -0.2) is 4.79 Å². The van der Waals surface area contributed by atoms with Crippen molar-refractivity contribution in [3.8, 4) is 11.5 Å². The Morgan fingerprint density at radius 3 is 2.83 bits per heavy atom. The first-order chi connectivity index (χ1) is 8.70. The molecule has 0 radical (unpaired) electrons. The van der Waals surface area contributed by atoms with Gasteiger partial charge in [-0.3, -0.25) is 4.79 Å². The van der Waals surface area contributed by atoms with E-state index in [1.54, 1.807) is 18.2 Å². The molecule has 0 saturated carbocycles. The average Bonchev–Trinajstić information content (AvgIpc) is 2.43. The first kappa shape index (κ1) is 12.2. The van der Waals surface area contributed by atoms with E-state index < -0.39 is 12.1 Å². The topological polar surface area (TPSA) is 73.9 Å². The largest absolute Gasteiger partial charge is 0.485 e. The third-order valence-electron chi connectivity index (χ3n) is 2.40. The van der Waals surface area contributed by atoms with Gasteiger partial charge in [0, 0.05) is 7.05 Å². The summed E-state index contributed by atoms with van der Waals surface area (Å²) in [6.45, 7) is -0.250. The van der Waals surface area contributed by atoms with Crippen molar-refractivity contribution >= 4 is 11.9 Å². The molecule has 1 unspecified atom stereocenters. The Morgan fingerprint density at radius 1 is 1.39 bits per heavy atom. The van der Waals surface area contributed by atoms with Gasteiger partial charge in [0.2, 0.25) is 6.10 Å². The van der Waals surface area contributed by atoms with Crippen molar-refractivity contribution in [3.05, 3.63) is 24.3 Å². The monoisotopic (exact) mass is 251 g/mol. The molecule has 1 amide bonds. The summed E-state index contributed by atoms with van der Waals surface area (Å²) >= 11 is 0. The molecule has 18 heavy (non-hydrogen) atoms. The van der Waals surface area contributed by atoms with Crippen molar-refractivity contribution in [2.45, 2.75) is 6.10 Å². The number of carbonyl (C=O) groups excluding carboxylic acids is 2. The first-order valence-electron chi connectivity index (χ1n) is 5.46. The number of carbonyl (C=O) groups is 2. The summed E-state index contributed by atoms with van der Waals surface area (Å²) in [7, 11) is 1.46. The number of esters is 1. The molecule has 0 aromatic heterocycles. The number of amides is 1. The van der Waals surface area contributed by atoms with Crippen LogP contribution in [0.5, 0.6) is 11.5 Å². The lowest BCUT2D eigenvalue weighted by atomic mass is 10.2. The predicted octanol–water partition coefficient (Wildman–Crippen LogP) is 0.116. The Hall–Kier alpha value is -2.24. The van der Waals surface area contributed by atoms with Gasteiger partial charge in [0.25, 0.3) is 5.91 Å². The van der Waals surface area contributed by atoms with Crippen molar-refractivity contribution in [2.75, 3.05) is 20.3 Å². The van der Waals surface area contributed by atoms with Gasteiger partial charge in [0.15, 0.2) is 18.1 Å². The van der Waals surface area contributed by atoms with Crippen molar-refractivity contribution < 1.29 is 23.8 Å². The molecule has 1 heterocycles. The highest BCUT2D eigenvalue weighted by molar-refractivity contribution is 5.82. The van der Waals surface area contributed by atoms with Crippen LogP contribution in [0.25, 0.3) is 0 Å². The summed E-state index contributed by atoms with van der Waals surface area (Å²) in [5.74, 6) is 0.0899. The molecule has 1 N–H and O–H groups in total. The van der Waals surface area contributed by atoms with E-state index in [0.717, 1.165) is 0 Å². The van der Waals surface area contributed by atoms with Crippen LogP contribution in [0.3, 0.4) is 0 Å². The molecule has 0 bridgehead atoms. The van der Waals surface area contributed by atoms with Gasteiger partial charge in [-0.1, -0.05) is 12.1 Å². The van der Waals surface area contributed by atoms with Crippen LogP contribution in [0.1, 0.15) is 0 Å². The molecule has 0 saturated heterocycles. The molecule has 6 heteroatoms. The van der Waals surface area contributed by atoms with E-state index in [1.807, 2.05) is 6.07 Å². The van der Waals surface area contributed by atoms with Crippen LogP contribution in [-0.2, 0) is 14.3 Å². The average molecular weight is 251 g/mol. The molecule has 1 aromatic rings. The number of ether oxygens (including phenoxy) is 3. The Kier molecular flexibility index (Phi) is 3.66. The maximum absolute atomic E-state index is 11.6. The fraction of sp³-hybridized carbons (Fsp3) is 0.333. The minimum Gasteiger partial charge on any atom is -0.485 e. The van der Waals surface area contributed by atoms with E-state index in [9.17, 15) is 9.59 Å². The lowest BCUT2D eigenvalue weighted by Crippen LogP contribution is -2.39. The molecule has 1 aliphatic heterocycles. The van der Waals surface area contributed by atoms with Gasteiger partial charge >= 0.3 is 5.97 Å². The first-order valence-corrected chi connectivity index (χ1v) is 5.46. The van der Waals surface area contributed by atoms with E-state index in [0.29, 0.717) is 11.5 Å². The molecular weight excluding hydrogens is 238 g/mol. The number of para-hydroxylation sites is 2. The van der Waals surface area contributed by atoms with Crippen molar-refractivity contribution in [2.24, 2.45) is 0 Å². The third-order valence-corrected chi connectivity index (χ3v) is 2.40. The van der Waals surface area contributed by atoms with Crippen LogP contribution in [0.4, 0.5) is 0 Å². The normalized spacial score (nSPS) is 16.8. The van der Waals surface area contributed by atoms with Gasteiger partial charge in [-0.05, 0) is 12.1 Å². The second-order valence-electron chi connectivity index (χ2n) is 3.65. The Morgan fingerprint density at radius 2 is 2.11 bits per heavy atom. The zero-order valence-corrected chi connectivity index (χ0v) is 9.84. The van der Waals surface area contributed by atoms with E-state index in [4.69, 9.17) is 14.2 Å². The lowest BCUT2D eigenvalue weighted by molar-refractivity contribution is -0.157. The van der Waals surface area contributed by atoms with Crippen molar-refractivity contribution in [1.29, 1.82) is 0 Å². The standard InChI is InChI=1S/C12H13NO5/c1-13-11(14)7-17-12(15)10-6-16-8-4-2-3-5-9(8)18-10/h2-5,10H,6-7H2,1H3,(H,13,14). The highest BCUT2D eigenvalue weighted by Gasteiger charge is 2.28. The van der Waals surface area contributed by atoms with Gasteiger partial charge in [0.1, 0.15) is 6.61 Å². The molecule has 96 valence electrons. The summed E-state index contributed by atoms with van der Waals surface area (Å²) < 4.78 is 15.6. The van der Waals surface area contributed by atoms with Gasteiger partial charge < -0.3 is 19.5 Å².